The number of halogens is 2. The van der Waals surface area contributed by atoms with Crippen molar-refractivity contribution < 1.29 is 23.0 Å². The molecule has 0 saturated heterocycles. The van der Waals surface area contributed by atoms with Gasteiger partial charge in [0.05, 0.1) is 17.2 Å². The third-order valence-electron chi connectivity index (χ3n) is 2.49. The van der Waals surface area contributed by atoms with Crippen LogP contribution in [0.3, 0.4) is 0 Å². The van der Waals surface area contributed by atoms with Crippen LogP contribution in [-0.4, -0.2) is 12.6 Å². The third kappa shape index (κ3) is 4.01. The van der Waals surface area contributed by atoms with Crippen LogP contribution in [-0.2, 0) is 0 Å². The molecule has 6 heteroatoms. The van der Waals surface area contributed by atoms with Crippen molar-refractivity contribution in [1.82, 2.24) is 0 Å². The number of benzene rings is 2. The van der Waals surface area contributed by atoms with Crippen molar-refractivity contribution in [2.45, 2.75) is 6.61 Å². The van der Waals surface area contributed by atoms with E-state index in [1.54, 1.807) is 0 Å². The van der Waals surface area contributed by atoms with Gasteiger partial charge in [0, 0.05) is 0 Å². The van der Waals surface area contributed by atoms with E-state index in [0.717, 1.165) is 6.07 Å². The summed E-state index contributed by atoms with van der Waals surface area (Å²) in [4.78, 5) is 11.9. The summed E-state index contributed by atoms with van der Waals surface area (Å²) in [7, 11) is 0. The Balaban J connectivity index is 2.10. The fourth-order valence-corrected chi connectivity index (χ4v) is 1.56. The zero-order valence-electron chi connectivity index (χ0n) is 10.6. The molecule has 4 nitrogen and oxygen atoms in total. The minimum absolute atomic E-state index is 0.0810. The predicted octanol–water partition coefficient (Wildman–Crippen LogP) is 3.38. The first kappa shape index (κ1) is 14.5. The van der Waals surface area contributed by atoms with Gasteiger partial charge in [0.2, 0.25) is 0 Å². The van der Waals surface area contributed by atoms with E-state index in [9.17, 15) is 13.6 Å². The van der Waals surface area contributed by atoms with Gasteiger partial charge in [-0.25, -0.2) is 4.79 Å². The zero-order chi connectivity index (χ0) is 15.2. The van der Waals surface area contributed by atoms with Gasteiger partial charge < -0.3 is 9.47 Å². The van der Waals surface area contributed by atoms with Gasteiger partial charge in [-0.2, -0.15) is 14.0 Å². The van der Waals surface area contributed by atoms with E-state index in [1.807, 2.05) is 6.07 Å². The number of rotatable bonds is 4. The largest absolute Gasteiger partial charge is 0.435 e. The van der Waals surface area contributed by atoms with Gasteiger partial charge >= 0.3 is 12.6 Å². The van der Waals surface area contributed by atoms with Crippen LogP contribution in [0.5, 0.6) is 11.5 Å². The van der Waals surface area contributed by atoms with E-state index in [1.165, 1.54) is 42.5 Å². The van der Waals surface area contributed by atoms with Crippen molar-refractivity contribution in [3.05, 3.63) is 59.7 Å². The summed E-state index contributed by atoms with van der Waals surface area (Å²) in [5, 5.41) is 8.66. The van der Waals surface area contributed by atoms with Gasteiger partial charge in [-0.05, 0) is 42.5 Å². The number of carbonyl (C=O) groups excluding carboxylic acids is 1. The molecule has 0 heterocycles. The second kappa shape index (κ2) is 6.48. The Kier molecular flexibility index (Phi) is 4.46. The molecule has 0 aliphatic rings. The number of esters is 1. The first-order valence-corrected chi connectivity index (χ1v) is 5.85. The number of nitrogens with zero attached hydrogens (tertiary/aromatic N) is 1. The van der Waals surface area contributed by atoms with Crippen LogP contribution in [0.1, 0.15) is 15.9 Å². The number of hydrogen-bond donors (Lipinski definition) is 0. The Morgan fingerprint density at radius 2 is 1.81 bits per heavy atom. The number of ether oxygens (including phenoxy) is 2. The van der Waals surface area contributed by atoms with E-state index >= 15 is 0 Å². The van der Waals surface area contributed by atoms with E-state index in [0.29, 0.717) is 5.56 Å². The van der Waals surface area contributed by atoms with E-state index < -0.39 is 12.6 Å². The molecule has 0 saturated carbocycles. The van der Waals surface area contributed by atoms with E-state index in [2.05, 4.69) is 4.74 Å². The Morgan fingerprint density at radius 1 is 1.10 bits per heavy atom. The Morgan fingerprint density at radius 3 is 2.43 bits per heavy atom. The van der Waals surface area contributed by atoms with Crippen molar-refractivity contribution in [1.29, 1.82) is 5.26 Å². The summed E-state index contributed by atoms with van der Waals surface area (Å²) in [5.74, 6) is -0.585. The maximum atomic E-state index is 12.1. The van der Waals surface area contributed by atoms with Crippen LogP contribution in [0, 0.1) is 11.3 Å². The molecule has 21 heavy (non-hydrogen) atoms. The number of hydrogen-bond acceptors (Lipinski definition) is 4. The average molecular weight is 289 g/mol. The summed E-state index contributed by atoms with van der Waals surface area (Å²) in [6.45, 7) is -2.96. The molecule has 106 valence electrons. The van der Waals surface area contributed by atoms with Crippen LogP contribution < -0.4 is 9.47 Å². The number of alkyl halides is 2. The number of nitriles is 1. The molecule has 0 amide bonds. The SMILES string of the molecule is N#Cc1ccc(OC(=O)c2cccc(OC(F)F)c2)cc1. The molecule has 0 bridgehead atoms. The van der Waals surface area contributed by atoms with Gasteiger partial charge in [-0.1, -0.05) is 6.07 Å². The smallest absolute Gasteiger partial charge is 0.387 e. The van der Waals surface area contributed by atoms with Crippen molar-refractivity contribution >= 4 is 5.97 Å². The normalized spacial score (nSPS) is 10.0. The summed E-state index contributed by atoms with van der Waals surface area (Å²) in [6.07, 6.45) is 0. The molecule has 0 spiro atoms. The predicted molar refractivity (Wildman–Crippen MR) is 69.2 cm³/mol. The lowest BCUT2D eigenvalue weighted by molar-refractivity contribution is -0.0499. The molecule has 2 rings (SSSR count). The molecule has 0 N–H and O–H groups in total. The molecular weight excluding hydrogens is 280 g/mol. The van der Waals surface area contributed by atoms with Crippen LogP contribution in [0.2, 0.25) is 0 Å². The van der Waals surface area contributed by atoms with Gasteiger partial charge in [0.25, 0.3) is 0 Å². The Hall–Kier alpha value is -2.94. The quantitative estimate of drug-likeness (QED) is 0.639. The lowest BCUT2D eigenvalue weighted by Crippen LogP contribution is -2.09. The molecule has 0 aliphatic heterocycles. The van der Waals surface area contributed by atoms with Gasteiger partial charge in [-0.15, -0.1) is 0 Å². The van der Waals surface area contributed by atoms with E-state index in [-0.39, 0.29) is 17.1 Å². The summed E-state index contributed by atoms with van der Waals surface area (Å²) < 4.78 is 33.5. The molecule has 0 aromatic heterocycles. The topological polar surface area (TPSA) is 59.3 Å². The maximum Gasteiger partial charge on any atom is 0.387 e. The van der Waals surface area contributed by atoms with Crippen molar-refractivity contribution in [3.63, 3.8) is 0 Å². The fraction of sp³-hybridized carbons (Fsp3) is 0.0667. The first-order chi connectivity index (χ1) is 10.1. The highest BCUT2D eigenvalue weighted by Crippen LogP contribution is 2.18. The highest BCUT2D eigenvalue weighted by atomic mass is 19.3. The highest BCUT2D eigenvalue weighted by Gasteiger charge is 2.11. The summed E-state index contributed by atoms with van der Waals surface area (Å²) in [6, 6.07) is 13.2. The molecule has 0 unspecified atom stereocenters. The molecule has 0 aliphatic carbocycles. The van der Waals surface area contributed by atoms with Crippen molar-refractivity contribution in [2.24, 2.45) is 0 Å². The van der Waals surface area contributed by atoms with Crippen LogP contribution in [0.25, 0.3) is 0 Å². The maximum absolute atomic E-state index is 12.1. The molecular formula is C15H9F2NO3. The molecule has 0 fully saturated rings. The molecule has 0 atom stereocenters. The monoisotopic (exact) mass is 289 g/mol. The highest BCUT2D eigenvalue weighted by molar-refractivity contribution is 5.91. The Labute approximate surface area is 119 Å². The second-order valence-electron chi connectivity index (χ2n) is 3.93. The number of carbonyl (C=O) groups is 1. The van der Waals surface area contributed by atoms with E-state index in [4.69, 9.17) is 10.00 Å². The van der Waals surface area contributed by atoms with Crippen molar-refractivity contribution in [3.8, 4) is 17.6 Å². The van der Waals surface area contributed by atoms with Gasteiger partial charge in [0.15, 0.2) is 0 Å². The first-order valence-electron chi connectivity index (χ1n) is 5.85. The lowest BCUT2D eigenvalue weighted by atomic mass is 10.2. The fourth-order valence-electron chi connectivity index (χ4n) is 1.56. The lowest BCUT2D eigenvalue weighted by Gasteiger charge is -2.07. The van der Waals surface area contributed by atoms with Gasteiger partial charge in [-0.3, -0.25) is 0 Å². The zero-order valence-corrected chi connectivity index (χ0v) is 10.6. The summed E-state index contributed by atoms with van der Waals surface area (Å²) >= 11 is 0. The molecule has 2 aromatic rings. The second-order valence-corrected chi connectivity index (χ2v) is 3.93. The Bertz CT molecular complexity index is 678. The van der Waals surface area contributed by atoms with Crippen LogP contribution in [0.15, 0.2) is 48.5 Å². The molecule has 0 radical (unpaired) electrons. The average Bonchev–Trinajstić information content (AvgIpc) is 2.47. The summed E-state index contributed by atoms with van der Waals surface area (Å²) in [5.41, 5.74) is 0.514. The standard InChI is InChI=1S/C15H9F2NO3/c16-15(17)21-13-3-1-2-11(8-13)14(19)20-12-6-4-10(9-18)5-7-12/h1-8,15H. The van der Waals surface area contributed by atoms with Gasteiger partial charge in [0.1, 0.15) is 11.5 Å². The molecule has 2 aromatic carbocycles. The third-order valence-corrected chi connectivity index (χ3v) is 2.49. The van der Waals surface area contributed by atoms with Crippen molar-refractivity contribution in [2.75, 3.05) is 0 Å². The van der Waals surface area contributed by atoms with Crippen LogP contribution >= 0.6 is 0 Å². The minimum Gasteiger partial charge on any atom is -0.435 e. The van der Waals surface area contributed by atoms with Crippen LogP contribution in [0.4, 0.5) is 8.78 Å². The minimum atomic E-state index is -2.96.